The van der Waals surface area contributed by atoms with Gasteiger partial charge in [-0.25, -0.2) is 4.79 Å². The van der Waals surface area contributed by atoms with Crippen LogP contribution in [-0.2, 0) is 4.74 Å². The Kier molecular flexibility index (Phi) is 1.37. The standard InChI is InChI=1S/C5H9NO2/c1-8-5(7)6-4-2-3-4/h4H,2-3H2,1H3,(H,6,7). The number of rotatable bonds is 1. The summed E-state index contributed by atoms with van der Waals surface area (Å²) in [6, 6.07) is 0.405. The molecule has 0 radical (unpaired) electrons. The minimum atomic E-state index is -0.312. The SMILES string of the molecule is COC(=O)NC1CC1. The molecule has 3 nitrogen and oxygen atoms in total. The van der Waals surface area contributed by atoms with Crippen molar-refractivity contribution in [1.29, 1.82) is 0 Å². The van der Waals surface area contributed by atoms with E-state index in [9.17, 15) is 4.79 Å². The maximum atomic E-state index is 10.3. The molecule has 0 spiro atoms. The van der Waals surface area contributed by atoms with Gasteiger partial charge in [0.15, 0.2) is 0 Å². The molecule has 1 saturated carbocycles. The number of amides is 1. The molecule has 1 amide bonds. The molecule has 1 rings (SSSR count). The zero-order chi connectivity index (χ0) is 5.98. The summed E-state index contributed by atoms with van der Waals surface area (Å²) in [5, 5.41) is 2.64. The molecule has 0 aromatic carbocycles. The van der Waals surface area contributed by atoms with E-state index in [4.69, 9.17) is 0 Å². The van der Waals surface area contributed by atoms with Crippen molar-refractivity contribution < 1.29 is 9.53 Å². The van der Waals surface area contributed by atoms with E-state index in [1.54, 1.807) is 0 Å². The lowest BCUT2D eigenvalue weighted by atomic mass is 10.7. The van der Waals surface area contributed by atoms with E-state index in [2.05, 4.69) is 10.1 Å². The first-order chi connectivity index (χ1) is 3.83. The topological polar surface area (TPSA) is 38.3 Å². The summed E-state index contributed by atoms with van der Waals surface area (Å²) >= 11 is 0. The molecule has 3 heteroatoms. The summed E-state index contributed by atoms with van der Waals surface area (Å²) in [6.07, 6.45) is 1.90. The average molecular weight is 115 g/mol. The van der Waals surface area contributed by atoms with Crippen molar-refractivity contribution in [2.45, 2.75) is 18.9 Å². The lowest BCUT2D eigenvalue weighted by Gasteiger charge is -1.97. The Morgan fingerprint density at radius 2 is 2.38 bits per heavy atom. The molecule has 1 aliphatic rings. The first-order valence-corrected chi connectivity index (χ1v) is 2.67. The maximum absolute atomic E-state index is 10.3. The van der Waals surface area contributed by atoms with Gasteiger partial charge in [-0.15, -0.1) is 0 Å². The first-order valence-electron chi connectivity index (χ1n) is 2.67. The van der Waals surface area contributed by atoms with Crippen LogP contribution in [-0.4, -0.2) is 19.2 Å². The molecule has 1 fully saturated rings. The number of hydrogen-bond acceptors (Lipinski definition) is 2. The number of hydrogen-bond donors (Lipinski definition) is 1. The zero-order valence-corrected chi connectivity index (χ0v) is 4.81. The minimum absolute atomic E-state index is 0.312. The van der Waals surface area contributed by atoms with Gasteiger partial charge in [0.1, 0.15) is 0 Å². The van der Waals surface area contributed by atoms with E-state index in [0.29, 0.717) is 6.04 Å². The van der Waals surface area contributed by atoms with Crippen LogP contribution in [0.15, 0.2) is 0 Å². The van der Waals surface area contributed by atoms with E-state index in [0.717, 1.165) is 12.8 Å². The Bertz CT molecular complexity index is 98.6. The highest BCUT2D eigenvalue weighted by atomic mass is 16.5. The summed E-state index contributed by atoms with van der Waals surface area (Å²) in [4.78, 5) is 10.3. The van der Waals surface area contributed by atoms with Crippen molar-refractivity contribution in [2.24, 2.45) is 0 Å². The second-order valence-electron chi connectivity index (χ2n) is 1.91. The fourth-order valence-corrected chi connectivity index (χ4v) is 0.453. The maximum Gasteiger partial charge on any atom is 0.407 e. The second kappa shape index (κ2) is 2.03. The highest BCUT2D eigenvalue weighted by Gasteiger charge is 2.23. The van der Waals surface area contributed by atoms with Crippen LogP contribution in [0.2, 0.25) is 0 Å². The molecule has 0 bridgehead atoms. The van der Waals surface area contributed by atoms with Crippen molar-refractivity contribution in [1.82, 2.24) is 5.32 Å². The van der Waals surface area contributed by atoms with Gasteiger partial charge in [0.25, 0.3) is 0 Å². The van der Waals surface area contributed by atoms with Crippen LogP contribution in [0, 0.1) is 0 Å². The van der Waals surface area contributed by atoms with Crippen molar-refractivity contribution in [3.63, 3.8) is 0 Å². The molecule has 0 aliphatic heterocycles. The van der Waals surface area contributed by atoms with Gasteiger partial charge in [-0.3, -0.25) is 0 Å². The Labute approximate surface area is 48.0 Å². The summed E-state index contributed by atoms with van der Waals surface area (Å²) in [5.41, 5.74) is 0. The summed E-state index contributed by atoms with van der Waals surface area (Å²) in [5.74, 6) is 0. The molecular weight excluding hydrogens is 106 g/mol. The first kappa shape index (κ1) is 5.41. The highest BCUT2D eigenvalue weighted by Crippen LogP contribution is 2.18. The van der Waals surface area contributed by atoms with Crippen LogP contribution in [0.3, 0.4) is 0 Å². The smallest absolute Gasteiger partial charge is 0.407 e. The third-order valence-corrected chi connectivity index (χ3v) is 1.08. The van der Waals surface area contributed by atoms with Crippen LogP contribution >= 0.6 is 0 Å². The molecule has 0 aromatic heterocycles. The van der Waals surface area contributed by atoms with Crippen LogP contribution < -0.4 is 5.32 Å². The van der Waals surface area contributed by atoms with Crippen LogP contribution in [0.4, 0.5) is 4.79 Å². The van der Waals surface area contributed by atoms with Gasteiger partial charge in [0.05, 0.1) is 7.11 Å². The van der Waals surface area contributed by atoms with Gasteiger partial charge in [-0.05, 0) is 12.8 Å². The van der Waals surface area contributed by atoms with Crippen molar-refractivity contribution in [3.8, 4) is 0 Å². The summed E-state index contributed by atoms with van der Waals surface area (Å²) in [7, 11) is 1.37. The molecule has 46 valence electrons. The number of carbonyl (C=O) groups is 1. The van der Waals surface area contributed by atoms with Gasteiger partial charge in [-0.1, -0.05) is 0 Å². The average Bonchev–Trinajstić information content (AvgIpc) is 2.50. The van der Waals surface area contributed by atoms with Crippen LogP contribution in [0.25, 0.3) is 0 Å². The zero-order valence-electron chi connectivity index (χ0n) is 4.81. The monoisotopic (exact) mass is 115 g/mol. The number of methoxy groups -OCH3 is 1. The molecule has 0 saturated heterocycles. The van der Waals surface area contributed by atoms with Crippen molar-refractivity contribution >= 4 is 6.09 Å². The summed E-state index contributed by atoms with van der Waals surface area (Å²) in [6.45, 7) is 0. The lowest BCUT2D eigenvalue weighted by Crippen LogP contribution is -2.24. The molecular formula is C5H9NO2. The van der Waals surface area contributed by atoms with Gasteiger partial charge in [-0.2, -0.15) is 0 Å². The van der Waals surface area contributed by atoms with E-state index in [1.165, 1.54) is 7.11 Å². The normalized spacial score (nSPS) is 17.6. The molecule has 0 aromatic rings. The number of carbonyl (C=O) groups excluding carboxylic acids is 1. The Morgan fingerprint density at radius 3 is 2.75 bits per heavy atom. The van der Waals surface area contributed by atoms with Crippen molar-refractivity contribution in [3.05, 3.63) is 0 Å². The molecule has 0 heterocycles. The fraction of sp³-hybridized carbons (Fsp3) is 0.800. The summed E-state index contributed by atoms with van der Waals surface area (Å²) < 4.78 is 4.35. The highest BCUT2D eigenvalue weighted by molar-refractivity contribution is 5.67. The largest absolute Gasteiger partial charge is 0.453 e. The quantitative estimate of drug-likeness (QED) is 0.540. The van der Waals surface area contributed by atoms with Gasteiger partial charge in [0, 0.05) is 6.04 Å². The van der Waals surface area contributed by atoms with Crippen molar-refractivity contribution in [2.75, 3.05) is 7.11 Å². The van der Waals surface area contributed by atoms with Crippen LogP contribution in [0.5, 0.6) is 0 Å². The Balaban J connectivity index is 2.07. The predicted octanol–water partition coefficient (Wildman–Crippen LogP) is 0.505. The van der Waals surface area contributed by atoms with Gasteiger partial charge < -0.3 is 10.1 Å². The lowest BCUT2D eigenvalue weighted by molar-refractivity contribution is 0.170. The van der Waals surface area contributed by atoms with E-state index in [-0.39, 0.29) is 6.09 Å². The van der Waals surface area contributed by atoms with Gasteiger partial charge >= 0.3 is 6.09 Å². The molecule has 1 aliphatic carbocycles. The minimum Gasteiger partial charge on any atom is -0.453 e. The molecule has 0 atom stereocenters. The molecule has 8 heavy (non-hydrogen) atoms. The molecule has 1 N–H and O–H groups in total. The number of ether oxygens (including phenoxy) is 1. The number of alkyl carbamates (subject to hydrolysis) is 1. The Hall–Kier alpha value is -0.730. The second-order valence-corrected chi connectivity index (χ2v) is 1.91. The Morgan fingerprint density at radius 1 is 1.75 bits per heavy atom. The number of nitrogens with one attached hydrogen (secondary N) is 1. The molecule has 0 unspecified atom stereocenters. The van der Waals surface area contributed by atoms with Crippen LogP contribution in [0.1, 0.15) is 12.8 Å². The fourth-order valence-electron chi connectivity index (χ4n) is 0.453. The predicted molar refractivity (Wildman–Crippen MR) is 28.6 cm³/mol. The van der Waals surface area contributed by atoms with E-state index < -0.39 is 0 Å². The van der Waals surface area contributed by atoms with Gasteiger partial charge in [0.2, 0.25) is 0 Å². The van der Waals surface area contributed by atoms with E-state index in [1.807, 2.05) is 0 Å². The third-order valence-electron chi connectivity index (χ3n) is 1.08. The van der Waals surface area contributed by atoms with E-state index >= 15 is 0 Å². The third kappa shape index (κ3) is 1.40.